The van der Waals surface area contributed by atoms with E-state index < -0.39 is 6.10 Å². The predicted molar refractivity (Wildman–Crippen MR) is 78.6 cm³/mol. The number of nitrogens with one attached hydrogen (secondary N) is 2. The molecule has 0 aliphatic rings. The van der Waals surface area contributed by atoms with Gasteiger partial charge >= 0.3 is 0 Å². The molecule has 0 aliphatic heterocycles. The molecule has 1 unspecified atom stereocenters. The zero-order chi connectivity index (χ0) is 14.2. The minimum absolute atomic E-state index is 0.410. The summed E-state index contributed by atoms with van der Waals surface area (Å²) in [6.45, 7) is 2.87. The van der Waals surface area contributed by atoms with Gasteiger partial charge in [-0.15, -0.1) is 0 Å². The van der Waals surface area contributed by atoms with Crippen molar-refractivity contribution in [2.24, 2.45) is 0 Å². The van der Waals surface area contributed by atoms with Gasteiger partial charge in [-0.25, -0.2) is 9.97 Å². The van der Waals surface area contributed by atoms with Crippen molar-refractivity contribution in [3.63, 3.8) is 0 Å². The second kappa shape index (κ2) is 7.40. The van der Waals surface area contributed by atoms with Crippen LogP contribution in [0.1, 0.15) is 12.5 Å². The van der Waals surface area contributed by atoms with Gasteiger partial charge in [-0.2, -0.15) is 4.98 Å². The Kier molecular flexibility index (Phi) is 5.25. The Balaban J connectivity index is 1.82. The molecule has 6 nitrogen and oxygen atoms in total. The van der Waals surface area contributed by atoms with E-state index in [9.17, 15) is 5.11 Å². The number of anilines is 2. The molecular formula is C14H19N5O. The summed E-state index contributed by atoms with van der Waals surface area (Å²) >= 11 is 0. The highest BCUT2D eigenvalue weighted by atomic mass is 16.3. The summed E-state index contributed by atoms with van der Waals surface area (Å²) in [7, 11) is 0. The summed E-state index contributed by atoms with van der Waals surface area (Å²) in [6, 6.07) is 10.2. The van der Waals surface area contributed by atoms with Crippen molar-refractivity contribution >= 4 is 11.9 Å². The Morgan fingerprint density at radius 3 is 2.50 bits per heavy atom. The van der Waals surface area contributed by atoms with E-state index in [0.717, 1.165) is 13.0 Å². The van der Waals surface area contributed by atoms with Gasteiger partial charge in [-0.3, -0.25) is 0 Å². The summed E-state index contributed by atoms with van der Waals surface area (Å²) in [5, 5.41) is 15.3. The Bertz CT molecular complexity index is 518. The molecule has 1 heterocycles. The Labute approximate surface area is 118 Å². The third-order valence-electron chi connectivity index (χ3n) is 2.67. The lowest BCUT2D eigenvalue weighted by Gasteiger charge is -2.08. The molecule has 0 aliphatic carbocycles. The topological polar surface area (TPSA) is 83.0 Å². The number of rotatable bonds is 7. The minimum Gasteiger partial charge on any atom is -0.392 e. The summed E-state index contributed by atoms with van der Waals surface area (Å²) in [6.07, 6.45) is 1.91. The average molecular weight is 273 g/mol. The molecule has 6 heteroatoms. The molecule has 0 saturated carbocycles. The third kappa shape index (κ3) is 4.81. The molecule has 0 spiro atoms. The van der Waals surface area contributed by atoms with Gasteiger partial charge in [0.05, 0.1) is 6.10 Å². The zero-order valence-corrected chi connectivity index (χ0v) is 11.5. The fourth-order valence-electron chi connectivity index (χ4n) is 1.67. The van der Waals surface area contributed by atoms with Gasteiger partial charge in [-0.05, 0) is 18.9 Å². The lowest BCUT2D eigenvalue weighted by Crippen LogP contribution is -2.17. The molecule has 20 heavy (non-hydrogen) atoms. The number of benzene rings is 1. The zero-order valence-electron chi connectivity index (χ0n) is 11.5. The number of aliphatic hydroxyl groups is 1. The largest absolute Gasteiger partial charge is 0.392 e. The van der Waals surface area contributed by atoms with Crippen molar-refractivity contribution in [1.29, 1.82) is 0 Å². The Hall–Kier alpha value is -2.21. The van der Waals surface area contributed by atoms with Crippen LogP contribution in [0.2, 0.25) is 0 Å². The monoisotopic (exact) mass is 273 g/mol. The smallest absolute Gasteiger partial charge is 0.227 e. The fraction of sp³-hybridized carbons (Fsp3) is 0.357. The molecule has 106 valence electrons. The molecule has 0 radical (unpaired) electrons. The van der Waals surface area contributed by atoms with Gasteiger partial charge < -0.3 is 15.7 Å². The summed E-state index contributed by atoms with van der Waals surface area (Å²) in [5.74, 6) is 0.993. The minimum atomic E-state index is -0.443. The molecular weight excluding hydrogens is 254 g/mol. The quantitative estimate of drug-likeness (QED) is 0.705. The maximum absolute atomic E-state index is 9.20. The SMILES string of the molecule is CC(O)CNc1ncnc(NCCc2ccccc2)n1. The molecule has 1 aromatic carbocycles. The molecule has 3 N–H and O–H groups in total. The Morgan fingerprint density at radius 1 is 1.10 bits per heavy atom. The van der Waals surface area contributed by atoms with Gasteiger partial charge in [0.2, 0.25) is 11.9 Å². The van der Waals surface area contributed by atoms with Crippen LogP contribution in [0.15, 0.2) is 36.7 Å². The predicted octanol–water partition coefficient (Wildman–Crippen LogP) is 1.32. The molecule has 2 rings (SSSR count). The highest BCUT2D eigenvalue weighted by Crippen LogP contribution is 2.03. The van der Waals surface area contributed by atoms with Crippen molar-refractivity contribution in [2.45, 2.75) is 19.4 Å². The van der Waals surface area contributed by atoms with Crippen molar-refractivity contribution in [1.82, 2.24) is 15.0 Å². The summed E-state index contributed by atoms with van der Waals surface area (Å²) in [5.41, 5.74) is 1.27. The van der Waals surface area contributed by atoms with Crippen LogP contribution in [0.25, 0.3) is 0 Å². The van der Waals surface area contributed by atoms with E-state index in [1.165, 1.54) is 11.9 Å². The molecule has 1 aromatic heterocycles. The second-order valence-electron chi connectivity index (χ2n) is 4.52. The Morgan fingerprint density at radius 2 is 1.80 bits per heavy atom. The third-order valence-corrected chi connectivity index (χ3v) is 2.67. The van der Waals surface area contributed by atoms with Crippen LogP contribution >= 0.6 is 0 Å². The van der Waals surface area contributed by atoms with E-state index in [1.807, 2.05) is 18.2 Å². The van der Waals surface area contributed by atoms with Crippen LogP contribution in [-0.4, -0.2) is 39.3 Å². The molecule has 0 amide bonds. The van der Waals surface area contributed by atoms with Gasteiger partial charge in [-0.1, -0.05) is 30.3 Å². The average Bonchev–Trinajstić information content (AvgIpc) is 2.47. The van der Waals surface area contributed by atoms with Crippen LogP contribution in [0.3, 0.4) is 0 Å². The first-order chi connectivity index (χ1) is 9.74. The number of hydrogen-bond acceptors (Lipinski definition) is 6. The highest BCUT2D eigenvalue weighted by Gasteiger charge is 2.01. The second-order valence-corrected chi connectivity index (χ2v) is 4.52. The van der Waals surface area contributed by atoms with Crippen LogP contribution in [-0.2, 0) is 6.42 Å². The van der Waals surface area contributed by atoms with Gasteiger partial charge in [0.1, 0.15) is 6.33 Å². The maximum Gasteiger partial charge on any atom is 0.227 e. The lowest BCUT2D eigenvalue weighted by molar-refractivity contribution is 0.208. The van der Waals surface area contributed by atoms with Crippen molar-refractivity contribution in [3.8, 4) is 0 Å². The first-order valence-corrected chi connectivity index (χ1v) is 6.63. The van der Waals surface area contributed by atoms with Gasteiger partial charge in [0.25, 0.3) is 0 Å². The fourth-order valence-corrected chi connectivity index (χ4v) is 1.67. The summed E-state index contributed by atoms with van der Waals surface area (Å²) in [4.78, 5) is 12.3. The number of hydrogen-bond donors (Lipinski definition) is 3. The van der Waals surface area contributed by atoms with E-state index in [0.29, 0.717) is 18.4 Å². The van der Waals surface area contributed by atoms with Crippen molar-refractivity contribution in [3.05, 3.63) is 42.2 Å². The van der Waals surface area contributed by atoms with Crippen LogP contribution in [0, 0.1) is 0 Å². The molecule has 0 fully saturated rings. The van der Waals surface area contributed by atoms with Gasteiger partial charge in [0, 0.05) is 13.1 Å². The normalized spacial score (nSPS) is 11.9. The van der Waals surface area contributed by atoms with Crippen LogP contribution in [0.4, 0.5) is 11.9 Å². The maximum atomic E-state index is 9.20. The summed E-state index contributed by atoms with van der Waals surface area (Å²) < 4.78 is 0. The van der Waals surface area contributed by atoms with E-state index in [-0.39, 0.29) is 0 Å². The molecule has 0 saturated heterocycles. The lowest BCUT2D eigenvalue weighted by atomic mass is 10.1. The van der Waals surface area contributed by atoms with Crippen molar-refractivity contribution in [2.75, 3.05) is 23.7 Å². The number of aromatic nitrogens is 3. The van der Waals surface area contributed by atoms with Crippen molar-refractivity contribution < 1.29 is 5.11 Å². The van der Waals surface area contributed by atoms with Gasteiger partial charge in [0.15, 0.2) is 0 Å². The van der Waals surface area contributed by atoms with E-state index in [1.54, 1.807) is 6.92 Å². The molecule has 0 bridgehead atoms. The van der Waals surface area contributed by atoms with Crippen LogP contribution < -0.4 is 10.6 Å². The first kappa shape index (κ1) is 14.2. The van der Waals surface area contributed by atoms with Crippen LogP contribution in [0.5, 0.6) is 0 Å². The van der Waals surface area contributed by atoms with E-state index in [2.05, 4.69) is 37.7 Å². The first-order valence-electron chi connectivity index (χ1n) is 6.63. The highest BCUT2D eigenvalue weighted by molar-refractivity contribution is 5.33. The standard InChI is InChI=1S/C14H19N5O/c1-11(20)9-16-14-18-10-17-13(19-14)15-8-7-12-5-3-2-4-6-12/h2-6,10-11,20H,7-9H2,1H3,(H2,15,16,17,18,19). The van der Waals surface area contributed by atoms with E-state index >= 15 is 0 Å². The number of nitrogens with zero attached hydrogens (tertiary/aromatic N) is 3. The molecule has 2 aromatic rings. The number of aliphatic hydroxyl groups excluding tert-OH is 1. The van der Waals surface area contributed by atoms with E-state index in [4.69, 9.17) is 0 Å². The molecule has 1 atom stereocenters.